The van der Waals surface area contributed by atoms with Gasteiger partial charge in [0.05, 0.1) is 29.1 Å². The van der Waals surface area contributed by atoms with Gasteiger partial charge >= 0.3 is 0 Å². The van der Waals surface area contributed by atoms with E-state index in [9.17, 15) is 0 Å². The number of benzene rings is 10. The van der Waals surface area contributed by atoms with E-state index in [2.05, 4.69) is 160 Å². The van der Waals surface area contributed by atoms with Crippen molar-refractivity contribution in [3.8, 4) is 27.9 Å². The van der Waals surface area contributed by atoms with Crippen molar-refractivity contribution in [3.63, 3.8) is 0 Å². The lowest BCUT2D eigenvalue weighted by Crippen LogP contribution is -1.95. The lowest BCUT2D eigenvalue weighted by Gasteiger charge is -2.14. The van der Waals surface area contributed by atoms with Crippen LogP contribution in [0.25, 0.3) is 114 Å². The van der Waals surface area contributed by atoms with Gasteiger partial charge in [-0.1, -0.05) is 121 Å². The number of hydrogen-bond acceptors (Lipinski definition) is 2. The highest BCUT2D eigenvalue weighted by atomic mass is 15.0. The Hall–Kier alpha value is -6.84. The highest BCUT2D eigenvalue weighted by Crippen LogP contribution is 2.44. The molecule has 0 bridgehead atoms. The van der Waals surface area contributed by atoms with Crippen LogP contribution in [0.2, 0.25) is 0 Å². The van der Waals surface area contributed by atoms with E-state index in [0.717, 1.165) is 16.7 Å². The molecule has 0 N–H and O–H groups in total. The summed E-state index contributed by atoms with van der Waals surface area (Å²) < 4.78 is 2.30. The molecule has 3 nitrogen and oxygen atoms in total. The second kappa shape index (κ2) is 9.87. The molecule has 0 saturated heterocycles. The molecule has 0 saturated carbocycles. The number of nitrogens with zero attached hydrogens (tertiary/aromatic N) is 3. The number of aromatic nitrogens is 3. The largest absolute Gasteiger partial charge is 0.306 e. The molecule has 0 amide bonds. The first-order chi connectivity index (χ1) is 25.3. The summed E-state index contributed by atoms with van der Waals surface area (Å²) in [6.45, 7) is 0. The molecule has 2 aromatic heterocycles. The Kier molecular flexibility index (Phi) is 5.23. The fourth-order valence-corrected chi connectivity index (χ4v) is 9.02. The zero-order chi connectivity index (χ0) is 33.2. The number of hydrogen-bond donors (Lipinski definition) is 0. The standard InChI is InChI=1S/C48H27N3/c1-3-28-7-9-32-11-17-37(39-19-13-30(5-1)45(28)47(32)39)34-15-21-43-41(23-34)42-24-35(16-22-44(42)51(43)36-25-49-27-50-26-36)38-18-12-33-10-8-29-4-2-6-31-14-20-40(38)48(33)46(29)31/h1-27H. The first kappa shape index (κ1) is 27.0. The average molecular weight is 646 g/mol. The van der Waals surface area contributed by atoms with Gasteiger partial charge in [0.1, 0.15) is 6.33 Å². The molecule has 3 heteroatoms. The quantitative estimate of drug-likeness (QED) is 0.179. The third kappa shape index (κ3) is 3.67. The van der Waals surface area contributed by atoms with Gasteiger partial charge in [-0.2, -0.15) is 0 Å². The van der Waals surface area contributed by atoms with Gasteiger partial charge in [0.25, 0.3) is 0 Å². The van der Waals surface area contributed by atoms with Gasteiger partial charge in [0.2, 0.25) is 0 Å². The molecule has 12 rings (SSSR count). The molecule has 0 aliphatic carbocycles. The van der Waals surface area contributed by atoms with Gasteiger partial charge in [-0.05, 0) is 111 Å². The summed E-state index contributed by atoms with van der Waals surface area (Å²) in [5.41, 5.74) is 8.11. The molecular formula is C48H27N3. The second-order valence-corrected chi connectivity index (χ2v) is 13.8. The van der Waals surface area contributed by atoms with Crippen LogP contribution in [0, 0.1) is 0 Å². The van der Waals surface area contributed by atoms with Crippen LogP contribution in [-0.2, 0) is 0 Å². The van der Waals surface area contributed by atoms with Gasteiger partial charge in [-0.25, -0.2) is 9.97 Å². The summed E-state index contributed by atoms with van der Waals surface area (Å²) in [5.74, 6) is 0. The molecule has 0 aliphatic heterocycles. The van der Waals surface area contributed by atoms with Gasteiger partial charge in [0, 0.05) is 10.8 Å². The summed E-state index contributed by atoms with van der Waals surface area (Å²) >= 11 is 0. The van der Waals surface area contributed by atoms with Crippen LogP contribution < -0.4 is 0 Å². The zero-order valence-corrected chi connectivity index (χ0v) is 27.4. The summed E-state index contributed by atoms with van der Waals surface area (Å²) in [6, 6.07) is 54.4. The van der Waals surface area contributed by atoms with E-state index in [-0.39, 0.29) is 0 Å². The minimum Gasteiger partial charge on any atom is -0.306 e. The van der Waals surface area contributed by atoms with E-state index in [0.29, 0.717) is 0 Å². The molecule has 10 aromatic carbocycles. The molecule has 234 valence electrons. The summed E-state index contributed by atoms with van der Waals surface area (Å²) in [7, 11) is 0. The van der Waals surface area contributed by atoms with E-state index in [4.69, 9.17) is 0 Å². The van der Waals surface area contributed by atoms with Gasteiger partial charge in [-0.3, -0.25) is 0 Å². The Morgan fingerprint density at radius 2 is 0.765 bits per heavy atom. The zero-order valence-electron chi connectivity index (χ0n) is 27.4. The first-order valence-corrected chi connectivity index (χ1v) is 17.5. The Labute approximate surface area is 292 Å². The summed E-state index contributed by atoms with van der Waals surface area (Å²) in [6.07, 6.45) is 5.39. The predicted molar refractivity (Wildman–Crippen MR) is 215 cm³/mol. The van der Waals surface area contributed by atoms with Crippen molar-refractivity contribution in [2.45, 2.75) is 0 Å². The maximum atomic E-state index is 4.40. The third-order valence-electron chi connectivity index (χ3n) is 11.2. The molecule has 0 atom stereocenters. The molecule has 51 heavy (non-hydrogen) atoms. The third-order valence-corrected chi connectivity index (χ3v) is 11.2. The topological polar surface area (TPSA) is 30.7 Å². The summed E-state index contributed by atoms with van der Waals surface area (Å²) in [4.78, 5) is 8.80. The smallest absolute Gasteiger partial charge is 0.115 e. The van der Waals surface area contributed by atoms with Crippen molar-refractivity contribution < 1.29 is 0 Å². The molecule has 0 unspecified atom stereocenters. The van der Waals surface area contributed by atoms with E-state index in [1.807, 2.05) is 12.4 Å². The molecule has 12 aromatic rings. The van der Waals surface area contributed by atoms with Crippen molar-refractivity contribution in [3.05, 3.63) is 164 Å². The van der Waals surface area contributed by atoms with Gasteiger partial charge in [-0.15, -0.1) is 0 Å². The maximum Gasteiger partial charge on any atom is 0.115 e. The van der Waals surface area contributed by atoms with Crippen LogP contribution in [0.1, 0.15) is 0 Å². The molecule has 0 aliphatic rings. The second-order valence-electron chi connectivity index (χ2n) is 13.8. The molecule has 2 heterocycles. The van der Waals surface area contributed by atoms with Gasteiger partial charge in [0.15, 0.2) is 0 Å². The average Bonchev–Trinajstić information content (AvgIpc) is 3.52. The van der Waals surface area contributed by atoms with Crippen LogP contribution >= 0.6 is 0 Å². The predicted octanol–water partition coefficient (Wildman–Crippen LogP) is 12.7. The highest BCUT2D eigenvalue weighted by Gasteiger charge is 2.18. The molecular weight excluding hydrogens is 619 g/mol. The fraction of sp³-hybridized carbons (Fsp3) is 0. The summed E-state index contributed by atoms with van der Waals surface area (Å²) in [5, 5.41) is 18.0. The molecule has 0 spiro atoms. The normalized spacial score (nSPS) is 12.3. The van der Waals surface area contributed by atoms with E-state index >= 15 is 0 Å². The van der Waals surface area contributed by atoms with Crippen LogP contribution in [0.15, 0.2) is 164 Å². The lowest BCUT2D eigenvalue weighted by molar-refractivity contribution is 1.07. The monoisotopic (exact) mass is 645 g/mol. The fourth-order valence-electron chi connectivity index (χ4n) is 9.02. The van der Waals surface area contributed by atoms with E-state index < -0.39 is 0 Å². The van der Waals surface area contributed by atoms with E-state index in [1.165, 1.54) is 97.7 Å². The SMILES string of the molecule is c1cc2ccc3ccc(-c4ccc5c(c4)c4cc(-c6ccc7ccc8cccc9ccc6c7c89)ccc4n5-c4cncnc4)c4ccc(c1)c2c34. The van der Waals surface area contributed by atoms with Crippen molar-refractivity contribution in [1.29, 1.82) is 0 Å². The number of fused-ring (bicyclic) bond motifs is 3. The Bertz CT molecular complexity index is 3120. The molecule has 0 fully saturated rings. The maximum absolute atomic E-state index is 4.40. The lowest BCUT2D eigenvalue weighted by atomic mass is 9.89. The Morgan fingerprint density at radius 1 is 0.353 bits per heavy atom. The van der Waals surface area contributed by atoms with Crippen molar-refractivity contribution in [2.24, 2.45) is 0 Å². The van der Waals surface area contributed by atoms with Crippen LogP contribution in [0.3, 0.4) is 0 Å². The minimum absolute atomic E-state index is 0.948. The molecule has 0 radical (unpaired) electrons. The van der Waals surface area contributed by atoms with Crippen molar-refractivity contribution >= 4 is 86.4 Å². The Balaban J connectivity index is 1.13. The highest BCUT2D eigenvalue weighted by molar-refractivity contribution is 6.27. The first-order valence-electron chi connectivity index (χ1n) is 17.5. The Morgan fingerprint density at radius 3 is 1.24 bits per heavy atom. The van der Waals surface area contributed by atoms with Crippen LogP contribution in [0.5, 0.6) is 0 Å². The van der Waals surface area contributed by atoms with Crippen LogP contribution in [-0.4, -0.2) is 14.5 Å². The van der Waals surface area contributed by atoms with Crippen LogP contribution in [0.4, 0.5) is 0 Å². The number of rotatable bonds is 3. The van der Waals surface area contributed by atoms with E-state index in [1.54, 1.807) is 6.33 Å². The van der Waals surface area contributed by atoms with Crippen molar-refractivity contribution in [2.75, 3.05) is 0 Å². The van der Waals surface area contributed by atoms with Gasteiger partial charge < -0.3 is 4.57 Å². The minimum atomic E-state index is 0.948. The van der Waals surface area contributed by atoms with Crippen molar-refractivity contribution in [1.82, 2.24) is 14.5 Å².